The first-order valence-electron chi connectivity index (χ1n) is 9.06. The maximum absolute atomic E-state index is 11.9. The molecular weight excluding hydrogens is 403 g/mol. The van der Waals surface area contributed by atoms with E-state index in [0.717, 1.165) is 6.92 Å². The van der Waals surface area contributed by atoms with E-state index in [4.69, 9.17) is 0 Å². The van der Waals surface area contributed by atoms with E-state index >= 15 is 0 Å². The molecule has 0 spiro atoms. The molecule has 0 N–H and O–H groups in total. The van der Waals surface area contributed by atoms with Crippen molar-refractivity contribution in [3.05, 3.63) is 91.0 Å². The largest absolute Gasteiger partial charge is 0.394 e. The van der Waals surface area contributed by atoms with Crippen molar-refractivity contribution in [2.75, 3.05) is 0 Å². The second-order valence-corrected chi connectivity index (χ2v) is 8.27. The second-order valence-electron chi connectivity index (χ2n) is 6.25. The Morgan fingerprint density at radius 1 is 0.586 bits per heavy atom. The fourth-order valence-electron chi connectivity index (χ4n) is 2.50. The number of benzene rings is 3. The Bertz CT molecular complexity index is 739. The Kier molecular flexibility index (Phi) is 8.26. The summed E-state index contributed by atoms with van der Waals surface area (Å²) in [4.78, 5) is 4.08. The van der Waals surface area contributed by atoms with Gasteiger partial charge in [0.1, 0.15) is 6.42 Å². The third kappa shape index (κ3) is 7.89. The van der Waals surface area contributed by atoms with Crippen molar-refractivity contribution in [3.63, 3.8) is 0 Å². The van der Waals surface area contributed by atoms with E-state index in [2.05, 4.69) is 91.0 Å². The van der Waals surface area contributed by atoms with Gasteiger partial charge in [-0.05, 0) is 36.4 Å². The van der Waals surface area contributed by atoms with Gasteiger partial charge in [-0.15, -0.1) is 0 Å². The summed E-state index contributed by atoms with van der Waals surface area (Å²) in [5.74, 6) is -3.60. The number of alkyl halides is 5. The molecule has 0 atom stereocenters. The van der Waals surface area contributed by atoms with Gasteiger partial charge in [-0.1, -0.05) is 61.5 Å². The topological polar surface area (TPSA) is 0 Å². The average molecular weight is 425 g/mol. The molecule has 0 fully saturated rings. The van der Waals surface area contributed by atoms with Crippen LogP contribution in [-0.2, 0) is 10.9 Å². The van der Waals surface area contributed by atoms with Gasteiger partial charge in [0.15, 0.2) is 14.7 Å². The van der Waals surface area contributed by atoms with Crippen molar-refractivity contribution >= 4 is 10.9 Å². The van der Waals surface area contributed by atoms with Crippen molar-refractivity contribution in [2.24, 2.45) is 0 Å². The third-order valence-corrected chi connectivity index (χ3v) is 6.14. The van der Waals surface area contributed by atoms with E-state index in [9.17, 15) is 22.0 Å². The van der Waals surface area contributed by atoms with Crippen LogP contribution in [0.5, 0.6) is 0 Å². The van der Waals surface area contributed by atoms with Crippen LogP contribution < -0.4 is 0 Å². The van der Waals surface area contributed by atoms with Gasteiger partial charge in [-0.25, -0.2) is 8.78 Å². The second kappa shape index (κ2) is 10.4. The van der Waals surface area contributed by atoms with Crippen molar-refractivity contribution in [3.8, 4) is 0 Å². The Morgan fingerprint density at radius 2 is 0.897 bits per heavy atom. The molecule has 0 aliphatic rings. The maximum atomic E-state index is 11.9. The summed E-state index contributed by atoms with van der Waals surface area (Å²) >= 11 is 0. The summed E-state index contributed by atoms with van der Waals surface area (Å²) in [6, 6.07) is 32.2. The lowest BCUT2D eigenvalue weighted by Crippen LogP contribution is -2.24. The van der Waals surface area contributed by atoms with Crippen LogP contribution in [-0.4, -0.2) is 12.1 Å². The molecule has 0 unspecified atom stereocenters. The lowest BCUT2D eigenvalue weighted by molar-refractivity contribution is -0.188. The quantitative estimate of drug-likeness (QED) is 0.289. The molecule has 0 aliphatic carbocycles. The zero-order chi connectivity index (χ0) is 21.3. The predicted octanol–water partition coefficient (Wildman–Crippen LogP) is 7.77. The standard InChI is InChI=1S/C18H15S.C5H7F5/c1-4-10-16(11-5-1)19(17-12-6-2-7-13-17)18-14-8-3-9-15-18;1-2-4(6,7)3-5(8,9)10/h1-15H;2-3H2,1H3/q+1;. The van der Waals surface area contributed by atoms with Crippen LogP contribution in [0.25, 0.3) is 0 Å². The van der Waals surface area contributed by atoms with E-state index < -0.39 is 24.9 Å². The molecular formula is C23H22F5S+. The molecule has 0 radical (unpaired) electrons. The summed E-state index contributed by atoms with van der Waals surface area (Å²) in [7, 11) is -0.0146. The Balaban J connectivity index is 0.000000257. The van der Waals surface area contributed by atoms with Gasteiger partial charge in [0.25, 0.3) is 5.92 Å². The normalized spacial score (nSPS) is 11.7. The third-order valence-electron chi connectivity index (χ3n) is 3.91. The molecule has 154 valence electrons. The first kappa shape index (κ1) is 22.9. The molecule has 0 aliphatic heterocycles. The molecule has 6 heteroatoms. The first-order chi connectivity index (χ1) is 13.7. The number of hydrogen-bond acceptors (Lipinski definition) is 0. The molecule has 0 amide bonds. The summed E-state index contributed by atoms with van der Waals surface area (Å²) in [5.41, 5.74) is 0. The minimum Gasteiger partial charge on any atom is -0.207 e. The first-order valence-corrected chi connectivity index (χ1v) is 10.3. The van der Waals surface area contributed by atoms with E-state index in [0.29, 0.717) is 0 Å². The summed E-state index contributed by atoms with van der Waals surface area (Å²) in [6.45, 7) is 1.02. The van der Waals surface area contributed by atoms with Crippen LogP contribution in [0.15, 0.2) is 106 Å². The molecule has 0 heterocycles. The highest BCUT2D eigenvalue weighted by molar-refractivity contribution is 7.97. The van der Waals surface area contributed by atoms with Crippen molar-refractivity contribution in [1.29, 1.82) is 0 Å². The minimum absolute atomic E-state index is 0.0146. The van der Waals surface area contributed by atoms with Gasteiger partial charge in [-0.2, -0.15) is 13.2 Å². The van der Waals surface area contributed by atoms with Gasteiger partial charge in [0.05, 0.1) is 10.9 Å². The van der Waals surface area contributed by atoms with Gasteiger partial charge < -0.3 is 0 Å². The van der Waals surface area contributed by atoms with Gasteiger partial charge in [0, 0.05) is 6.42 Å². The van der Waals surface area contributed by atoms with Crippen molar-refractivity contribution < 1.29 is 22.0 Å². The monoisotopic (exact) mass is 425 g/mol. The molecule has 0 aromatic heterocycles. The zero-order valence-corrected chi connectivity index (χ0v) is 16.7. The summed E-state index contributed by atoms with van der Waals surface area (Å²) < 4.78 is 57.6. The molecule has 29 heavy (non-hydrogen) atoms. The van der Waals surface area contributed by atoms with Gasteiger partial charge in [0.2, 0.25) is 0 Å². The Hall–Kier alpha value is -2.34. The van der Waals surface area contributed by atoms with Crippen LogP contribution in [0.1, 0.15) is 19.8 Å². The van der Waals surface area contributed by atoms with Crippen LogP contribution in [0.4, 0.5) is 22.0 Å². The SMILES string of the molecule is CCC(F)(F)CC(F)(F)F.c1ccc([S+](c2ccccc2)c2ccccc2)cc1. The fraction of sp³-hybridized carbons (Fsp3) is 0.217. The van der Waals surface area contributed by atoms with Crippen molar-refractivity contribution in [1.82, 2.24) is 0 Å². The van der Waals surface area contributed by atoms with Crippen LogP contribution >= 0.6 is 0 Å². The predicted molar refractivity (Wildman–Crippen MR) is 107 cm³/mol. The molecule has 0 saturated carbocycles. The Morgan fingerprint density at radius 3 is 1.10 bits per heavy atom. The van der Waals surface area contributed by atoms with E-state index in [1.807, 2.05) is 0 Å². The molecule has 0 nitrogen and oxygen atoms in total. The minimum atomic E-state index is -4.76. The van der Waals surface area contributed by atoms with E-state index in [-0.39, 0.29) is 10.9 Å². The van der Waals surface area contributed by atoms with E-state index in [1.54, 1.807) is 0 Å². The van der Waals surface area contributed by atoms with E-state index in [1.165, 1.54) is 14.7 Å². The van der Waals surface area contributed by atoms with Crippen LogP contribution in [0, 0.1) is 0 Å². The highest BCUT2D eigenvalue weighted by atomic mass is 32.2. The molecule has 3 aromatic rings. The summed E-state index contributed by atoms with van der Waals surface area (Å²) in [6.07, 6.45) is -7.55. The summed E-state index contributed by atoms with van der Waals surface area (Å²) in [5, 5.41) is 0. The fourth-order valence-corrected chi connectivity index (χ4v) is 4.60. The van der Waals surface area contributed by atoms with Crippen molar-refractivity contribution in [2.45, 2.75) is 46.6 Å². The number of rotatable bonds is 5. The Labute approximate surface area is 170 Å². The van der Waals surface area contributed by atoms with Crippen LogP contribution in [0.2, 0.25) is 0 Å². The maximum Gasteiger partial charge on any atom is 0.394 e. The smallest absolute Gasteiger partial charge is 0.207 e. The zero-order valence-electron chi connectivity index (χ0n) is 15.9. The molecule has 3 rings (SSSR count). The highest BCUT2D eigenvalue weighted by Crippen LogP contribution is 2.33. The highest BCUT2D eigenvalue weighted by Gasteiger charge is 2.41. The number of hydrogen-bond donors (Lipinski definition) is 0. The van der Waals surface area contributed by atoms with Gasteiger partial charge >= 0.3 is 6.18 Å². The molecule has 3 aromatic carbocycles. The van der Waals surface area contributed by atoms with Gasteiger partial charge in [-0.3, -0.25) is 0 Å². The lowest BCUT2D eigenvalue weighted by Gasteiger charge is -2.15. The average Bonchev–Trinajstić information content (AvgIpc) is 2.70. The lowest BCUT2D eigenvalue weighted by atomic mass is 10.2. The molecule has 0 saturated heterocycles. The molecule has 0 bridgehead atoms. The number of halogens is 5. The van der Waals surface area contributed by atoms with Crippen LogP contribution in [0.3, 0.4) is 0 Å².